The number of hydrogen-bond acceptors (Lipinski definition) is 3. The van der Waals surface area contributed by atoms with Crippen LogP contribution >= 0.6 is 11.8 Å². The van der Waals surface area contributed by atoms with Gasteiger partial charge in [0.05, 0.1) is 0 Å². The molecule has 0 aromatic carbocycles. The fraction of sp³-hybridized carbons (Fsp3) is 0.875. The van der Waals surface area contributed by atoms with Crippen molar-refractivity contribution in [2.24, 2.45) is 0 Å². The second-order valence-electron chi connectivity index (χ2n) is 2.68. The molecule has 0 spiro atoms. The van der Waals surface area contributed by atoms with Crippen LogP contribution in [0.15, 0.2) is 0 Å². The number of unbranched alkanes of at least 4 members (excludes halogenated alkanes) is 4. The topological polar surface area (TPSA) is 46.3 Å². The van der Waals surface area contributed by atoms with Crippen LogP contribution in [-0.2, 0) is 0 Å². The molecule has 3 nitrogen and oxygen atoms in total. The largest absolute Gasteiger partial charge is 0.418 e. The number of nitrogens with zero attached hydrogens (tertiary/aromatic N) is 1. The molecule has 1 N–H and O–H groups in total. The molecule has 0 amide bonds. The maximum absolute atomic E-state index is 9.99. The fourth-order valence-corrected chi connectivity index (χ4v) is 1.44. The van der Waals surface area contributed by atoms with E-state index in [-0.39, 0.29) is 4.90 Å². The molecule has 0 aliphatic carbocycles. The molecule has 0 bridgehead atoms. The molecule has 12 heavy (non-hydrogen) atoms. The summed E-state index contributed by atoms with van der Waals surface area (Å²) in [5, 5.41) is 18.2. The highest BCUT2D eigenvalue weighted by atomic mass is 32.2. The Hall–Kier alpha value is -0.380. The zero-order chi connectivity index (χ0) is 9.23. The van der Waals surface area contributed by atoms with E-state index in [0.29, 0.717) is 6.42 Å². The molecule has 0 saturated heterocycles. The normalized spacial score (nSPS) is 11.9. The van der Waals surface area contributed by atoms with E-state index >= 15 is 0 Å². The van der Waals surface area contributed by atoms with Crippen molar-refractivity contribution in [3.05, 3.63) is 5.21 Å². The Labute approximate surface area is 78.0 Å². The summed E-state index contributed by atoms with van der Waals surface area (Å²) in [4.78, 5) is -0.109. The number of thioether (sulfide) groups is 1. The van der Waals surface area contributed by atoms with Crippen LogP contribution in [0.3, 0.4) is 0 Å². The van der Waals surface area contributed by atoms with Gasteiger partial charge in [-0.3, -0.25) is 5.21 Å². The first-order valence-electron chi connectivity index (χ1n) is 4.25. The molecule has 0 atom stereocenters. The Kier molecular flexibility index (Phi) is 8.44. The molecule has 0 unspecified atom stereocenters. The van der Waals surface area contributed by atoms with Crippen LogP contribution in [0, 0.1) is 5.21 Å². The van der Waals surface area contributed by atoms with Gasteiger partial charge >= 0.3 is 0 Å². The van der Waals surface area contributed by atoms with Gasteiger partial charge in [-0.25, -0.2) is 0 Å². The summed E-state index contributed by atoms with van der Waals surface area (Å²) in [7, 11) is 0. The smallest absolute Gasteiger partial charge is 0.209 e. The van der Waals surface area contributed by atoms with Crippen molar-refractivity contribution in [2.75, 3.05) is 12.0 Å². The van der Waals surface area contributed by atoms with Gasteiger partial charge in [-0.05, 0) is 24.9 Å². The third-order valence-electron chi connectivity index (χ3n) is 1.59. The number of hydrogen-bond donors (Lipinski definition) is 1. The van der Waals surface area contributed by atoms with E-state index in [0.717, 1.165) is 12.8 Å². The van der Waals surface area contributed by atoms with Crippen LogP contribution in [-0.4, -0.2) is 28.3 Å². The van der Waals surface area contributed by atoms with E-state index < -0.39 is 0 Å². The monoisotopic (exact) mass is 191 g/mol. The molecule has 0 aromatic heterocycles. The average molecular weight is 191 g/mol. The molecule has 0 aromatic rings. The van der Waals surface area contributed by atoms with Crippen molar-refractivity contribution in [1.82, 2.24) is 0 Å². The molecule has 4 heteroatoms. The van der Waals surface area contributed by atoms with Gasteiger partial charge in [-0.2, -0.15) is 11.8 Å². The van der Waals surface area contributed by atoms with Crippen LogP contribution in [0.4, 0.5) is 0 Å². The minimum absolute atomic E-state index is 0.109. The van der Waals surface area contributed by atoms with Crippen LogP contribution in [0.25, 0.3) is 0 Å². The van der Waals surface area contributed by atoms with Crippen molar-refractivity contribution in [1.29, 1.82) is 0 Å². The summed E-state index contributed by atoms with van der Waals surface area (Å²) in [6.45, 7) is 0. The minimum atomic E-state index is -0.109. The van der Waals surface area contributed by atoms with E-state index in [9.17, 15) is 5.21 Å². The molecular formula is C8H17NO2S. The quantitative estimate of drug-likeness (QED) is 0.221. The van der Waals surface area contributed by atoms with Gasteiger partial charge in [0, 0.05) is 11.3 Å². The van der Waals surface area contributed by atoms with Crippen molar-refractivity contribution in [3.8, 4) is 0 Å². The summed E-state index contributed by atoms with van der Waals surface area (Å²) in [6, 6.07) is 0. The molecule has 0 aliphatic rings. The summed E-state index contributed by atoms with van der Waals surface area (Å²) < 4.78 is 0. The van der Waals surface area contributed by atoms with Gasteiger partial charge in [0.25, 0.3) is 0 Å². The molecule has 0 heterocycles. The Morgan fingerprint density at radius 2 is 2.00 bits per heavy atom. The van der Waals surface area contributed by atoms with Gasteiger partial charge in [0.2, 0.25) is 6.21 Å². The fourth-order valence-electron chi connectivity index (χ4n) is 0.946. The SMILES string of the molecule is CSCCCCCC/C=[N+](\[O-])O. The molecule has 0 rings (SSSR count). The molecule has 0 fully saturated rings. The highest BCUT2D eigenvalue weighted by Crippen LogP contribution is 2.05. The minimum Gasteiger partial charge on any atom is -0.418 e. The Morgan fingerprint density at radius 1 is 1.33 bits per heavy atom. The summed E-state index contributed by atoms with van der Waals surface area (Å²) in [6.07, 6.45) is 8.65. The Morgan fingerprint density at radius 3 is 2.58 bits per heavy atom. The predicted molar refractivity (Wildman–Crippen MR) is 52.9 cm³/mol. The standard InChI is InChI=1S/C8H17NO2S/c1-12-8-6-4-2-3-5-7-9(10)11/h7H,2-6,8H2,1H3,(H,10,11). The van der Waals surface area contributed by atoms with Crippen molar-refractivity contribution < 1.29 is 10.1 Å². The first kappa shape index (κ1) is 11.6. The third-order valence-corrected chi connectivity index (χ3v) is 2.28. The van der Waals surface area contributed by atoms with Gasteiger partial charge in [-0.15, -0.1) is 0 Å². The highest BCUT2D eigenvalue weighted by Gasteiger charge is 1.91. The van der Waals surface area contributed by atoms with Crippen molar-refractivity contribution in [2.45, 2.75) is 32.1 Å². The maximum atomic E-state index is 9.99. The predicted octanol–water partition coefficient (Wildman–Crippen LogP) is 2.27. The molecule has 0 aliphatic heterocycles. The third kappa shape index (κ3) is 9.62. The van der Waals surface area contributed by atoms with Gasteiger partial charge < -0.3 is 5.21 Å². The lowest BCUT2D eigenvalue weighted by Crippen LogP contribution is -1.96. The second-order valence-corrected chi connectivity index (χ2v) is 3.67. The van der Waals surface area contributed by atoms with E-state index in [1.54, 1.807) is 0 Å². The van der Waals surface area contributed by atoms with Crippen LogP contribution in [0.2, 0.25) is 0 Å². The average Bonchev–Trinajstić information content (AvgIpc) is 2.02. The van der Waals surface area contributed by atoms with E-state index in [2.05, 4.69) is 6.26 Å². The lowest BCUT2D eigenvalue weighted by molar-refractivity contribution is -0.723. The summed E-state index contributed by atoms with van der Waals surface area (Å²) >= 11 is 1.86. The molecule has 72 valence electrons. The van der Waals surface area contributed by atoms with Crippen molar-refractivity contribution in [3.63, 3.8) is 0 Å². The summed E-state index contributed by atoms with van der Waals surface area (Å²) in [5.74, 6) is 1.22. The molecular weight excluding hydrogens is 174 g/mol. The zero-order valence-corrected chi connectivity index (χ0v) is 8.35. The van der Waals surface area contributed by atoms with Gasteiger partial charge in [-0.1, -0.05) is 12.8 Å². The first-order valence-corrected chi connectivity index (χ1v) is 5.64. The van der Waals surface area contributed by atoms with Crippen LogP contribution < -0.4 is 0 Å². The lowest BCUT2D eigenvalue weighted by Gasteiger charge is -1.96. The van der Waals surface area contributed by atoms with Crippen LogP contribution in [0.1, 0.15) is 32.1 Å². The van der Waals surface area contributed by atoms with E-state index in [1.165, 1.54) is 24.8 Å². The first-order chi connectivity index (χ1) is 5.77. The maximum Gasteiger partial charge on any atom is 0.209 e. The van der Waals surface area contributed by atoms with Crippen LogP contribution in [0.5, 0.6) is 0 Å². The lowest BCUT2D eigenvalue weighted by atomic mass is 10.2. The highest BCUT2D eigenvalue weighted by molar-refractivity contribution is 7.98. The van der Waals surface area contributed by atoms with E-state index in [1.807, 2.05) is 11.8 Å². The number of rotatable bonds is 7. The Balaban J connectivity index is 2.96. The second kappa shape index (κ2) is 8.71. The Bertz CT molecular complexity index is 124. The van der Waals surface area contributed by atoms with Gasteiger partial charge in [0.15, 0.2) is 0 Å². The molecule has 0 saturated carbocycles. The van der Waals surface area contributed by atoms with Gasteiger partial charge in [0.1, 0.15) is 0 Å². The zero-order valence-electron chi connectivity index (χ0n) is 7.53. The molecule has 0 radical (unpaired) electrons. The van der Waals surface area contributed by atoms with E-state index in [4.69, 9.17) is 5.21 Å². The summed E-state index contributed by atoms with van der Waals surface area (Å²) in [5.41, 5.74) is 0. The van der Waals surface area contributed by atoms with Crippen molar-refractivity contribution >= 4 is 18.0 Å².